The maximum atomic E-state index is 9.24. The van der Waals surface area contributed by atoms with Crippen molar-refractivity contribution in [3.63, 3.8) is 0 Å². The van der Waals surface area contributed by atoms with Crippen LogP contribution in [0.4, 0.5) is 0 Å². The maximum Gasteiger partial charge on any atom is 0.317 e. The fraction of sp³-hybridized carbons (Fsp3) is 0.500. The van der Waals surface area contributed by atoms with Crippen molar-refractivity contribution < 1.29 is 42.3 Å². The topological polar surface area (TPSA) is 158 Å². The van der Waals surface area contributed by atoms with E-state index in [1.807, 2.05) is 0 Å². The quantitative estimate of drug-likeness (QED) is 0.371. The van der Waals surface area contributed by atoms with Gasteiger partial charge in [0, 0.05) is 17.1 Å². The molecule has 0 amide bonds. The molecule has 8 N–H and O–H groups in total. The third-order valence-corrected chi connectivity index (χ3v) is 0.349. The molecule has 7 nitrogen and oxygen atoms in total. The first-order chi connectivity index (χ1) is 4.54. The molecule has 0 fully saturated rings. The van der Waals surface area contributed by atoms with E-state index in [1.165, 1.54) is 0 Å². The van der Waals surface area contributed by atoms with E-state index in [-0.39, 0.29) is 35.6 Å². The van der Waals surface area contributed by atoms with Crippen molar-refractivity contribution in [1.29, 1.82) is 0 Å². The van der Waals surface area contributed by atoms with Crippen molar-refractivity contribution >= 4 is 11.9 Å². The van der Waals surface area contributed by atoms with Gasteiger partial charge in [-0.05, 0) is 0 Å². The molecule has 0 spiro atoms. The van der Waals surface area contributed by atoms with Crippen molar-refractivity contribution in [2.45, 2.75) is 0 Å². The van der Waals surface area contributed by atoms with Crippen LogP contribution < -0.4 is 11.5 Å². The van der Waals surface area contributed by atoms with Crippen LogP contribution in [-0.4, -0.2) is 40.7 Å². The van der Waals surface area contributed by atoms with E-state index < -0.39 is 11.9 Å². The van der Waals surface area contributed by atoms with E-state index in [0.717, 1.165) is 0 Å². The summed E-state index contributed by atoms with van der Waals surface area (Å²) in [6.45, 7) is -0.556. The smallest absolute Gasteiger partial charge is 0.317 e. The summed E-state index contributed by atoms with van der Waals surface area (Å²) in [5, 5.41) is 15.2. The number of hydrogen-bond donors (Lipinski definition) is 4. The number of carboxylic acids is 2. The van der Waals surface area contributed by atoms with Gasteiger partial charge in [0.15, 0.2) is 0 Å². The Kier molecular flexibility index (Phi) is 31.4. The van der Waals surface area contributed by atoms with E-state index in [4.69, 9.17) is 10.2 Å². The Bertz CT molecular complexity index is 106. The largest absolute Gasteiger partial charge is 0.480 e. The first-order valence-electron chi connectivity index (χ1n) is 2.38. The van der Waals surface area contributed by atoms with E-state index in [9.17, 15) is 9.59 Å². The summed E-state index contributed by atoms with van der Waals surface area (Å²) in [7, 11) is 0. The molecule has 0 heterocycles. The minimum absolute atomic E-state index is 0. The predicted octanol–water partition coefficient (Wildman–Crippen LogP) is -2.77. The van der Waals surface area contributed by atoms with Gasteiger partial charge >= 0.3 is 11.9 Å². The zero-order valence-corrected chi connectivity index (χ0v) is 7.24. The van der Waals surface area contributed by atoms with E-state index in [1.54, 1.807) is 0 Å². The van der Waals surface area contributed by atoms with Crippen molar-refractivity contribution in [3.05, 3.63) is 0 Å². The Labute approximate surface area is 79.5 Å². The van der Waals surface area contributed by atoms with Crippen molar-refractivity contribution in [2.24, 2.45) is 11.5 Å². The monoisotopic (exact) mass is 224 g/mol. The first kappa shape index (κ1) is 22.5. The number of carbonyl (C=O) groups is 2. The first-order valence-corrected chi connectivity index (χ1v) is 2.38. The molecule has 0 aromatic heterocycles. The molecule has 0 aliphatic carbocycles. The molecule has 0 rings (SSSR count). The SMILES string of the molecule is NCC(=O)O.NCC(=O)O.O.[Fe]. The summed E-state index contributed by atoms with van der Waals surface area (Å²) in [5.74, 6) is -1.94. The van der Waals surface area contributed by atoms with Crippen LogP contribution in [0.1, 0.15) is 0 Å². The second kappa shape index (κ2) is 16.7. The third-order valence-electron chi connectivity index (χ3n) is 0.349. The minimum Gasteiger partial charge on any atom is -0.480 e. The van der Waals surface area contributed by atoms with Crippen LogP contribution >= 0.6 is 0 Å². The average molecular weight is 224 g/mol. The normalized spacial score (nSPS) is 6.17. The number of carboxylic acid groups (broad SMARTS) is 2. The Morgan fingerprint density at radius 3 is 1.08 bits per heavy atom. The number of rotatable bonds is 2. The molecule has 76 valence electrons. The number of hydrogen-bond acceptors (Lipinski definition) is 4. The molecule has 0 aromatic carbocycles. The molecule has 0 aliphatic heterocycles. The van der Waals surface area contributed by atoms with Crippen LogP contribution in [0.15, 0.2) is 0 Å². The summed E-state index contributed by atoms with van der Waals surface area (Å²) in [6.07, 6.45) is 0. The van der Waals surface area contributed by atoms with E-state index >= 15 is 0 Å². The molecular weight excluding hydrogens is 212 g/mol. The summed E-state index contributed by atoms with van der Waals surface area (Å²) in [4.78, 5) is 18.5. The molecule has 0 radical (unpaired) electrons. The third kappa shape index (κ3) is 58.2. The van der Waals surface area contributed by atoms with Gasteiger partial charge in [-0.15, -0.1) is 0 Å². The van der Waals surface area contributed by atoms with Crippen molar-refractivity contribution in [3.8, 4) is 0 Å². The van der Waals surface area contributed by atoms with Crippen LogP contribution in [0.3, 0.4) is 0 Å². The van der Waals surface area contributed by atoms with Crippen molar-refractivity contribution in [2.75, 3.05) is 13.1 Å². The van der Waals surface area contributed by atoms with Gasteiger partial charge in [-0.2, -0.15) is 0 Å². The minimum atomic E-state index is -0.968. The predicted molar refractivity (Wildman–Crippen MR) is 37.0 cm³/mol. The summed E-state index contributed by atoms with van der Waals surface area (Å²) in [6, 6.07) is 0. The Morgan fingerprint density at radius 2 is 1.08 bits per heavy atom. The summed E-state index contributed by atoms with van der Waals surface area (Å²) >= 11 is 0. The maximum absolute atomic E-state index is 9.24. The molecule has 0 saturated heterocycles. The zero-order valence-electron chi connectivity index (χ0n) is 6.13. The van der Waals surface area contributed by atoms with E-state index in [0.29, 0.717) is 0 Å². The molecule has 0 aliphatic rings. The van der Waals surface area contributed by atoms with Gasteiger partial charge in [-0.1, -0.05) is 0 Å². The Hall–Kier alpha value is -0.661. The second-order valence-electron chi connectivity index (χ2n) is 1.20. The molecule has 12 heavy (non-hydrogen) atoms. The van der Waals surface area contributed by atoms with Crippen LogP contribution in [0.2, 0.25) is 0 Å². The standard InChI is InChI=1S/2C2H5NO2.Fe.H2O/c2*3-1-2(4)5;;/h2*1,3H2,(H,4,5);;1H2. The fourth-order valence-corrected chi connectivity index (χ4v) is 0. The Balaban J connectivity index is -0.0000000457. The fourth-order valence-electron chi connectivity index (χ4n) is 0. The molecule has 0 atom stereocenters. The van der Waals surface area contributed by atoms with E-state index in [2.05, 4.69) is 11.5 Å². The summed E-state index contributed by atoms with van der Waals surface area (Å²) in [5.41, 5.74) is 9.14. The Morgan fingerprint density at radius 1 is 1.00 bits per heavy atom. The van der Waals surface area contributed by atoms with Crippen LogP contribution in [0, 0.1) is 0 Å². The second-order valence-corrected chi connectivity index (χ2v) is 1.20. The van der Waals surface area contributed by atoms with Gasteiger partial charge < -0.3 is 27.2 Å². The molecular formula is C4H12FeN2O5. The molecule has 0 aromatic rings. The molecule has 8 heteroatoms. The van der Waals surface area contributed by atoms with Crippen molar-refractivity contribution in [1.82, 2.24) is 0 Å². The van der Waals surface area contributed by atoms with Gasteiger partial charge in [-0.3, -0.25) is 9.59 Å². The number of nitrogens with two attached hydrogens (primary N) is 2. The zero-order chi connectivity index (χ0) is 8.57. The van der Waals surface area contributed by atoms with Gasteiger partial charge in [0.05, 0.1) is 13.1 Å². The molecule has 0 bridgehead atoms. The number of aliphatic carboxylic acids is 2. The summed E-state index contributed by atoms with van der Waals surface area (Å²) < 4.78 is 0. The van der Waals surface area contributed by atoms with Gasteiger partial charge in [0.25, 0.3) is 0 Å². The molecule has 0 unspecified atom stereocenters. The van der Waals surface area contributed by atoms with Gasteiger partial charge in [0.2, 0.25) is 0 Å². The van der Waals surface area contributed by atoms with Gasteiger partial charge in [0.1, 0.15) is 0 Å². The molecule has 0 saturated carbocycles. The van der Waals surface area contributed by atoms with Crippen LogP contribution in [0.5, 0.6) is 0 Å². The average Bonchev–Trinajstić information content (AvgIpc) is 1.89. The van der Waals surface area contributed by atoms with Crippen LogP contribution in [-0.2, 0) is 26.7 Å². The van der Waals surface area contributed by atoms with Crippen LogP contribution in [0.25, 0.3) is 0 Å². The van der Waals surface area contributed by atoms with Gasteiger partial charge in [-0.25, -0.2) is 0 Å².